The molecule has 1 amide bonds. The number of nitrogens with one attached hydrogen (secondary N) is 1. The minimum atomic E-state index is -0.0977. The number of hydrogen-bond acceptors (Lipinski definition) is 3. The summed E-state index contributed by atoms with van der Waals surface area (Å²) in [7, 11) is 0. The first-order chi connectivity index (χ1) is 13.2. The third-order valence-corrected chi connectivity index (χ3v) is 5.31. The smallest absolute Gasteiger partial charge is 0.251 e. The number of carbonyl (C=O) groups excluding carboxylic acids is 1. The van der Waals surface area contributed by atoms with Crippen LogP contribution in [-0.4, -0.2) is 15.5 Å². The molecule has 0 aliphatic rings. The van der Waals surface area contributed by atoms with E-state index in [0.717, 1.165) is 22.0 Å². The first-order valence-corrected chi connectivity index (χ1v) is 9.61. The van der Waals surface area contributed by atoms with Gasteiger partial charge in [0.15, 0.2) is 0 Å². The Morgan fingerprint density at radius 3 is 2.52 bits per heavy atom. The van der Waals surface area contributed by atoms with Crippen molar-refractivity contribution in [2.45, 2.75) is 13.5 Å². The van der Waals surface area contributed by atoms with Crippen molar-refractivity contribution >= 4 is 17.2 Å². The van der Waals surface area contributed by atoms with Crippen LogP contribution in [0.25, 0.3) is 16.3 Å². The van der Waals surface area contributed by atoms with Crippen molar-refractivity contribution in [3.05, 3.63) is 95.3 Å². The molecule has 0 unspecified atom stereocenters. The van der Waals surface area contributed by atoms with E-state index in [4.69, 9.17) is 0 Å². The second-order valence-electron chi connectivity index (χ2n) is 6.28. The van der Waals surface area contributed by atoms with Gasteiger partial charge in [-0.2, -0.15) is 0 Å². The molecular formula is C22H19N3OS. The molecule has 4 rings (SSSR count). The van der Waals surface area contributed by atoms with Crippen LogP contribution in [0.15, 0.2) is 78.4 Å². The fourth-order valence-corrected chi connectivity index (χ4v) is 3.80. The highest BCUT2D eigenvalue weighted by Crippen LogP contribution is 2.26. The van der Waals surface area contributed by atoms with Gasteiger partial charge in [0.2, 0.25) is 0 Å². The van der Waals surface area contributed by atoms with Gasteiger partial charge in [-0.05, 0) is 48.9 Å². The number of aromatic nitrogens is 2. The topological polar surface area (TPSA) is 46.9 Å². The highest BCUT2D eigenvalue weighted by atomic mass is 32.1. The van der Waals surface area contributed by atoms with Crippen LogP contribution in [0.1, 0.15) is 21.6 Å². The van der Waals surface area contributed by atoms with Gasteiger partial charge in [-0.15, -0.1) is 11.3 Å². The molecule has 0 aliphatic carbocycles. The fourth-order valence-electron chi connectivity index (χ4n) is 2.89. The molecule has 134 valence electrons. The van der Waals surface area contributed by atoms with Crippen molar-refractivity contribution in [1.82, 2.24) is 14.9 Å². The van der Waals surface area contributed by atoms with Gasteiger partial charge in [0.1, 0.15) is 5.01 Å². The number of rotatable bonds is 5. The summed E-state index contributed by atoms with van der Waals surface area (Å²) in [4.78, 5) is 17.1. The summed E-state index contributed by atoms with van der Waals surface area (Å²) in [6.07, 6.45) is 3.95. The maximum Gasteiger partial charge on any atom is 0.251 e. The Hall–Kier alpha value is -3.18. The van der Waals surface area contributed by atoms with Crippen molar-refractivity contribution in [2.75, 3.05) is 0 Å². The highest BCUT2D eigenvalue weighted by molar-refractivity contribution is 7.13. The Morgan fingerprint density at radius 1 is 1.04 bits per heavy atom. The number of hydrogen-bond donors (Lipinski definition) is 1. The molecule has 0 atom stereocenters. The number of thiazole rings is 1. The second kappa shape index (κ2) is 7.60. The van der Waals surface area contributed by atoms with Crippen LogP contribution in [0.5, 0.6) is 0 Å². The molecule has 27 heavy (non-hydrogen) atoms. The van der Waals surface area contributed by atoms with E-state index in [1.165, 1.54) is 5.56 Å². The maximum atomic E-state index is 12.4. The fraction of sp³-hybridized carbons (Fsp3) is 0.0909. The largest absolute Gasteiger partial charge is 0.346 e. The summed E-state index contributed by atoms with van der Waals surface area (Å²) in [6, 6.07) is 19.7. The first kappa shape index (κ1) is 17.2. The lowest BCUT2D eigenvalue weighted by Gasteiger charge is -2.06. The SMILES string of the molecule is Cc1ccccc1-c1nc(CNC(=O)c2ccc(-n3cccc3)cc2)cs1. The molecule has 2 heterocycles. The normalized spacial score (nSPS) is 10.7. The summed E-state index contributed by atoms with van der Waals surface area (Å²) in [5.41, 5.74) is 4.88. The van der Waals surface area contributed by atoms with E-state index in [1.54, 1.807) is 11.3 Å². The standard InChI is InChI=1S/C22H19N3OS/c1-16-6-2-3-7-20(16)22-24-18(15-27-22)14-23-21(26)17-8-10-19(11-9-17)25-12-4-5-13-25/h2-13,15H,14H2,1H3,(H,23,26). The van der Waals surface area contributed by atoms with Crippen molar-refractivity contribution in [1.29, 1.82) is 0 Å². The molecule has 2 aromatic carbocycles. The van der Waals surface area contributed by atoms with Gasteiger partial charge in [-0.1, -0.05) is 24.3 Å². The molecule has 0 spiro atoms. The van der Waals surface area contributed by atoms with Crippen molar-refractivity contribution in [2.24, 2.45) is 0 Å². The predicted molar refractivity (Wildman–Crippen MR) is 109 cm³/mol. The Morgan fingerprint density at radius 2 is 1.78 bits per heavy atom. The summed E-state index contributed by atoms with van der Waals surface area (Å²) >= 11 is 1.60. The van der Waals surface area contributed by atoms with Gasteiger partial charge in [0, 0.05) is 34.6 Å². The minimum Gasteiger partial charge on any atom is -0.346 e. The number of carbonyl (C=O) groups is 1. The van der Waals surface area contributed by atoms with Gasteiger partial charge in [-0.3, -0.25) is 4.79 Å². The third-order valence-electron chi connectivity index (χ3n) is 4.39. The monoisotopic (exact) mass is 373 g/mol. The van der Waals surface area contributed by atoms with E-state index in [2.05, 4.69) is 29.4 Å². The predicted octanol–water partition coefficient (Wildman–Crippen LogP) is 4.84. The maximum absolute atomic E-state index is 12.4. The molecule has 1 N–H and O–H groups in total. The van der Waals surface area contributed by atoms with E-state index in [-0.39, 0.29) is 5.91 Å². The van der Waals surface area contributed by atoms with Crippen LogP contribution in [0.3, 0.4) is 0 Å². The molecule has 0 radical (unpaired) electrons. The van der Waals surface area contributed by atoms with Crippen LogP contribution in [-0.2, 0) is 6.54 Å². The van der Waals surface area contributed by atoms with Crippen LogP contribution in [0.2, 0.25) is 0 Å². The van der Waals surface area contributed by atoms with Gasteiger partial charge in [0.05, 0.1) is 12.2 Å². The second-order valence-corrected chi connectivity index (χ2v) is 7.14. The summed E-state index contributed by atoms with van der Waals surface area (Å²) in [5, 5.41) is 5.92. The molecule has 4 nitrogen and oxygen atoms in total. The molecule has 2 aromatic heterocycles. The van der Waals surface area contributed by atoms with E-state index >= 15 is 0 Å². The summed E-state index contributed by atoms with van der Waals surface area (Å²) in [5.74, 6) is -0.0977. The minimum absolute atomic E-state index is 0.0977. The lowest BCUT2D eigenvalue weighted by molar-refractivity contribution is 0.0950. The summed E-state index contributed by atoms with van der Waals surface area (Å²) in [6.45, 7) is 2.50. The lowest BCUT2D eigenvalue weighted by atomic mass is 10.1. The van der Waals surface area contributed by atoms with Crippen LogP contribution >= 0.6 is 11.3 Å². The van der Waals surface area contributed by atoms with Crippen molar-refractivity contribution in [3.63, 3.8) is 0 Å². The Kier molecular flexibility index (Phi) is 4.85. The zero-order valence-electron chi connectivity index (χ0n) is 14.9. The number of nitrogens with zero attached hydrogens (tertiary/aromatic N) is 2. The molecule has 0 saturated carbocycles. The van der Waals surface area contributed by atoms with Gasteiger partial charge >= 0.3 is 0 Å². The average molecular weight is 373 g/mol. The number of amides is 1. The van der Waals surface area contributed by atoms with E-state index in [0.29, 0.717) is 12.1 Å². The van der Waals surface area contributed by atoms with Crippen LogP contribution in [0.4, 0.5) is 0 Å². The molecule has 0 fully saturated rings. The van der Waals surface area contributed by atoms with E-state index < -0.39 is 0 Å². The van der Waals surface area contributed by atoms with Gasteiger partial charge < -0.3 is 9.88 Å². The Labute approximate surface area is 162 Å². The van der Waals surface area contributed by atoms with Crippen molar-refractivity contribution in [3.8, 4) is 16.3 Å². The molecule has 5 heteroatoms. The Bertz CT molecular complexity index is 1050. The van der Waals surface area contributed by atoms with Crippen molar-refractivity contribution < 1.29 is 4.79 Å². The molecular weight excluding hydrogens is 354 g/mol. The molecule has 4 aromatic rings. The zero-order chi connectivity index (χ0) is 18.6. The third kappa shape index (κ3) is 3.83. The number of benzene rings is 2. The molecule has 0 aliphatic heterocycles. The Balaban J connectivity index is 1.40. The highest BCUT2D eigenvalue weighted by Gasteiger charge is 2.09. The van der Waals surface area contributed by atoms with Gasteiger partial charge in [-0.25, -0.2) is 4.98 Å². The quantitative estimate of drug-likeness (QED) is 0.544. The number of aryl methyl sites for hydroxylation is 1. The average Bonchev–Trinajstić information content (AvgIpc) is 3.39. The summed E-state index contributed by atoms with van der Waals surface area (Å²) < 4.78 is 2.00. The van der Waals surface area contributed by atoms with E-state index in [1.807, 2.05) is 70.9 Å². The van der Waals surface area contributed by atoms with E-state index in [9.17, 15) is 4.79 Å². The molecule has 0 bridgehead atoms. The lowest BCUT2D eigenvalue weighted by Crippen LogP contribution is -2.22. The van der Waals surface area contributed by atoms with Crippen LogP contribution in [0, 0.1) is 6.92 Å². The zero-order valence-corrected chi connectivity index (χ0v) is 15.7. The van der Waals surface area contributed by atoms with Gasteiger partial charge in [0.25, 0.3) is 5.91 Å². The van der Waals surface area contributed by atoms with Crippen LogP contribution < -0.4 is 5.32 Å². The molecule has 0 saturated heterocycles. The first-order valence-electron chi connectivity index (χ1n) is 8.73.